The van der Waals surface area contributed by atoms with Crippen LogP contribution in [0.1, 0.15) is 30.0 Å². The molecule has 0 saturated carbocycles. The summed E-state index contributed by atoms with van der Waals surface area (Å²) in [7, 11) is 2.16. The van der Waals surface area contributed by atoms with Gasteiger partial charge in [0.05, 0.1) is 0 Å². The van der Waals surface area contributed by atoms with Crippen molar-refractivity contribution in [3.63, 3.8) is 0 Å². The zero-order valence-electron chi connectivity index (χ0n) is 18.1. The molecule has 1 N–H and O–H groups in total. The van der Waals surface area contributed by atoms with Crippen molar-refractivity contribution in [1.29, 1.82) is 0 Å². The van der Waals surface area contributed by atoms with Gasteiger partial charge in [0.2, 0.25) is 0 Å². The van der Waals surface area contributed by atoms with E-state index in [2.05, 4.69) is 59.4 Å². The second kappa shape index (κ2) is 9.79. The van der Waals surface area contributed by atoms with Crippen molar-refractivity contribution in [3.8, 4) is 5.75 Å². The summed E-state index contributed by atoms with van der Waals surface area (Å²) in [6, 6.07) is 14.5. The van der Waals surface area contributed by atoms with E-state index < -0.39 is 6.10 Å². The van der Waals surface area contributed by atoms with Gasteiger partial charge < -0.3 is 19.9 Å². The lowest BCUT2D eigenvalue weighted by Crippen LogP contribution is -2.44. The lowest BCUT2D eigenvalue weighted by molar-refractivity contribution is -0.128. The smallest absolute Gasteiger partial charge is 0.261 e. The number of likely N-dealkylation sites (N-methyl/N-ethyl adjacent to an activating group) is 1. The van der Waals surface area contributed by atoms with Gasteiger partial charge in [-0.3, -0.25) is 4.79 Å². The fraction of sp³-hybridized carbons (Fsp3) is 0.458. The molecule has 1 heterocycles. The van der Waals surface area contributed by atoms with Gasteiger partial charge in [-0.25, -0.2) is 0 Å². The van der Waals surface area contributed by atoms with Crippen molar-refractivity contribution in [2.75, 3.05) is 38.1 Å². The highest BCUT2D eigenvalue weighted by Gasteiger charge is 2.19. The largest absolute Gasteiger partial charge is 0.480 e. The molecule has 2 aromatic rings. The molecule has 5 nitrogen and oxygen atoms in total. The monoisotopic (exact) mass is 395 g/mol. The van der Waals surface area contributed by atoms with Crippen LogP contribution in [-0.4, -0.2) is 50.1 Å². The van der Waals surface area contributed by atoms with Crippen molar-refractivity contribution in [2.24, 2.45) is 0 Å². The first-order valence-corrected chi connectivity index (χ1v) is 10.5. The molecule has 3 rings (SSSR count). The highest BCUT2D eigenvalue weighted by molar-refractivity contribution is 5.81. The number of anilines is 1. The minimum absolute atomic E-state index is 0.0735. The Labute approximate surface area is 174 Å². The van der Waals surface area contributed by atoms with E-state index in [1.807, 2.05) is 26.0 Å². The summed E-state index contributed by atoms with van der Waals surface area (Å²) in [5.74, 6) is 0.699. The van der Waals surface area contributed by atoms with Crippen LogP contribution in [-0.2, 0) is 11.3 Å². The average Bonchev–Trinajstić information content (AvgIpc) is 2.72. The van der Waals surface area contributed by atoms with Crippen LogP contribution < -0.4 is 15.0 Å². The Morgan fingerprint density at radius 3 is 2.38 bits per heavy atom. The summed E-state index contributed by atoms with van der Waals surface area (Å²) >= 11 is 0. The predicted octanol–water partition coefficient (Wildman–Crippen LogP) is 3.53. The Kier molecular flexibility index (Phi) is 7.15. The fourth-order valence-corrected chi connectivity index (χ4v) is 3.60. The number of benzene rings is 2. The number of carbonyl (C=O) groups excluding carboxylic acids is 1. The standard InChI is InChI=1S/C24H33N3O2/c1-5-22(29-23-11-6-18(2)16-19(23)3)24(28)25-17-20-7-9-21(10-8-20)27-14-12-26(4)13-15-27/h6-11,16,22H,5,12-15,17H2,1-4H3,(H,25,28)/t22-/m1/s1. The normalized spacial score (nSPS) is 15.8. The van der Waals surface area contributed by atoms with Gasteiger partial charge in [-0.05, 0) is 56.6 Å². The summed E-state index contributed by atoms with van der Waals surface area (Å²) in [6.45, 7) is 10.8. The number of rotatable bonds is 7. The Bertz CT molecular complexity index is 811. The third-order valence-corrected chi connectivity index (χ3v) is 5.53. The van der Waals surface area contributed by atoms with Crippen LogP contribution in [0, 0.1) is 13.8 Å². The average molecular weight is 396 g/mol. The van der Waals surface area contributed by atoms with E-state index in [0.717, 1.165) is 43.1 Å². The first-order chi connectivity index (χ1) is 14.0. The molecule has 0 radical (unpaired) electrons. The van der Waals surface area contributed by atoms with Gasteiger partial charge in [-0.15, -0.1) is 0 Å². The van der Waals surface area contributed by atoms with E-state index in [-0.39, 0.29) is 5.91 Å². The number of ether oxygens (including phenoxy) is 1. The topological polar surface area (TPSA) is 44.8 Å². The summed E-state index contributed by atoms with van der Waals surface area (Å²) in [5, 5.41) is 3.02. The maximum atomic E-state index is 12.6. The number of nitrogens with zero attached hydrogens (tertiary/aromatic N) is 2. The Hall–Kier alpha value is -2.53. The molecule has 2 aromatic carbocycles. The molecular formula is C24H33N3O2. The van der Waals surface area contributed by atoms with Crippen LogP contribution in [0.4, 0.5) is 5.69 Å². The lowest BCUT2D eigenvalue weighted by atomic mass is 10.1. The van der Waals surface area contributed by atoms with Gasteiger partial charge >= 0.3 is 0 Å². The van der Waals surface area contributed by atoms with E-state index in [1.165, 1.54) is 11.3 Å². The predicted molar refractivity (Wildman–Crippen MR) is 119 cm³/mol. The minimum atomic E-state index is -0.485. The van der Waals surface area contributed by atoms with E-state index in [9.17, 15) is 4.79 Å². The molecule has 1 atom stereocenters. The Morgan fingerprint density at radius 2 is 1.76 bits per heavy atom. The second-order valence-electron chi connectivity index (χ2n) is 7.96. The minimum Gasteiger partial charge on any atom is -0.480 e. The maximum absolute atomic E-state index is 12.6. The molecule has 0 bridgehead atoms. The number of carbonyl (C=O) groups is 1. The number of hydrogen-bond acceptors (Lipinski definition) is 4. The van der Waals surface area contributed by atoms with Crippen LogP contribution in [0.25, 0.3) is 0 Å². The first-order valence-electron chi connectivity index (χ1n) is 10.5. The van der Waals surface area contributed by atoms with Crippen molar-refractivity contribution >= 4 is 11.6 Å². The molecule has 0 unspecified atom stereocenters. The van der Waals surface area contributed by atoms with E-state index >= 15 is 0 Å². The number of aryl methyl sites for hydroxylation is 2. The molecule has 29 heavy (non-hydrogen) atoms. The molecule has 156 valence electrons. The molecule has 1 amide bonds. The van der Waals surface area contributed by atoms with E-state index in [4.69, 9.17) is 4.74 Å². The van der Waals surface area contributed by atoms with Crippen molar-refractivity contribution in [2.45, 2.75) is 39.8 Å². The first kappa shape index (κ1) is 21.2. The summed E-state index contributed by atoms with van der Waals surface area (Å²) < 4.78 is 5.98. The van der Waals surface area contributed by atoms with Crippen LogP contribution >= 0.6 is 0 Å². The number of amides is 1. The van der Waals surface area contributed by atoms with Gasteiger partial charge in [-0.1, -0.05) is 36.8 Å². The van der Waals surface area contributed by atoms with Gasteiger partial charge in [0, 0.05) is 38.4 Å². The molecule has 1 aliphatic heterocycles. The van der Waals surface area contributed by atoms with Crippen molar-refractivity contribution < 1.29 is 9.53 Å². The molecule has 1 fully saturated rings. The number of nitrogens with one attached hydrogen (secondary N) is 1. The zero-order valence-corrected chi connectivity index (χ0v) is 18.1. The molecule has 1 saturated heterocycles. The van der Waals surface area contributed by atoms with Gasteiger partial charge in [0.25, 0.3) is 5.91 Å². The molecule has 0 spiro atoms. The Morgan fingerprint density at radius 1 is 1.07 bits per heavy atom. The number of hydrogen-bond donors (Lipinski definition) is 1. The summed E-state index contributed by atoms with van der Waals surface area (Å²) in [4.78, 5) is 17.4. The van der Waals surface area contributed by atoms with Crippen molar-refractivity contribution in [3.05, 3.63) is 59.2 Å². The molecule has 1 aliphatic rings. The zero-order chi connectivity index (χ0) is 20.8. The van der Waals surface area contributed by atoms with Gasteiger partial charge in [-0.2, -0.15) is 0 Å². The Balaban J connectivity index is 1.53. The van der Waals surface area contributed by atoms with E-state index in [0.29, 0.717) is 13.0 Å². The lowest BCUT2D eigenvalue weighted by Gasteiger charge is -2.34. The number of piperazine rings is 1. The third-order valence-electron chi connectivity index (χ3n) is 5.53. The summed E-state index contributed by atoms with van der Waals surface area (Å²) in [5.41, 5.74) is 4.58. The molecule has 0 aliphatic carbocycles. The van der Waals surface area contributed by atoms with Crippen LogP contribution in [0.3, 0.4) is 0 Å². The van der Waals surface area contributed by atoms with Crippen LogP contribution in [0.15, 0.2) is 42.5 Å². The second-order valence-corrected chi connectivity index (χ2v) is 7.96. The molecule has 5 heteroatoms. The quantitative estimate of drug-likeness (QED) is 0.779. The van der Waals surface area contributed by atoms with E-state index in [1.54, 1.807) is 0 Å². The highest BCUT2D eigenvalue weighted by Crippen LogP contribution is 2.21. The maximum Gasteiger partial charge on any atom is 0.261 e. The SMILES string of the molecule is CC[C@@H](Oc1ccc(C)cc1C)C(=O)NCc1ccc(N2CCN(C)CC2)cc1. The van der Waals surface area contributed by atoms with Crippen LogP contribution in [0.2, 0.25) is 0 Å². The fourth-order valence-electron chi connectivity index (χ4n) is 3.60. The van der Waals surface area contributed by atoms with Crippen molar-refractivity contribution in [1.82, 2.24) is 10.2 Å². The molecule has 0 aromatic heterocycles. The van der Waals surface area contributed by atoms with Gasteiger partial charge in [0.15, 0.2) is 6.10 Å². The summed E-state index contributed by atoms with van der Waals surface area (Å²) in [6.07, 6.45) is 0.141. The highest BCUT2D eigenvalue weighted by atomic mass is 16.5. The molecular weight excluding hydrogens is 362 g/mol. The van der Waals surface area contributed by atoms with Crippen LogP contribution in [0.5, 0.6) is 5.75 Å². The third kappa shape index (κ3) is 5.73. The van der Waals surface area contributed by atoms with Gasteiger partial charge in [0.1, 0.15) is 5.75 Å².